The SMILES string of the molecule is CCC(C)CCCC/C=C\CCCCCCCOC1CCCCO1. The smallest absolute Gasteiger partial charge is 0.157 e. The first-order chi connectivity index (χ1) is 11.8. The number of unbranched alkanes of at least 4 members (excludes halogenated alkanes) is 7. The van der Waals surface area contributed by atoms with Crippen molar-refractivity contribution >= 4 is 0 Å². The molecule has 2 atom stereocenters. The van der Waals surface area contributed by atoms with Crippen molar-refractivity contribution in [3.05, 3.63) is 12.2 Å². The number of hydrogen-bond acceptors (Lipinski definition) is 2. The Morgan fingerprint density at radius 2 is 1.67 bits per heavy atom. The molecule has 2 nitrogen and oxygen atoms in total. The average Bonchev–Trinajstić information content (AvgIpc) is 2.62. The fraction of sp³-hybridized carbons (Fsp3) is 0.909. The number of hydrogen-bond donors (Lipinski definition) is 0. The molecule has 1 aliphatic heterocycles. The van der Waals surface area contributed by atoms with Crippen LogP contribution in [-0.4, -0.2) is 19.5 Å². The molecule has 1 aliphatic rings. The van der Waals surface area contributed by atoms with Crippen molar-refractivity contribution in [3.63, 3.8) is 0 Å². The Morgan fingerprint density at radius 1 is 0.958 bits per heavy atom. The maximum atomic E-state index is 5.76. The molecule has 2 unspecified atom stereocenters. The van der Waals surface area contributed by atoms with Crippen molar-refractivity contribution in [1.29, 1.82) is 0 Å². The second kappa shape index (κ2) is 16.1. The molecule has 0 aromatic carbocycles. The molecule has 0 amide bonds. The van der Waals surface area contributed by atoms with Gasteiger partial charge in [-0.05, 0) is 57.3 Å². The lowest BCUT2D eigenvalue weighted by Crippen LogP contribution is -2.22. The van der Waals surface area contributed by atoms with E-state index in [0.29, 0.717) is 0 Å². The second-order valence-corrected chi connectivity index (χ2v) is 7.49. The van der Waals surface area contributed by atoms with Crippen molar-refractivity contribution < 1.29 is 9.47 Å². The van der Waals surface area contributed by atoms with Crippen LogP contribution in [0.15, 0.2) is 12.2 Å². The summed E-state index contributed by atoms with van der Waals surface area (Å²) in [5.74, 6) is 0.912. The van der Waals surface area contributed by atoms with E-state index in [-0.39, 0.29) is 6.29 Å². The zero-order chi connectivity index (χ0) is 17.3. The van der Waals surface area contributed by atoms with E-state index in [1.54, 1.807) is 0 Å². The first-order valence-electron chi connectivity index (χ1n) is 10.7. The van der Waals surface area contributed by atoms with Gasteiger partial charge < -0.3 is 9.47 Å². The summed E-state index contributed by atoms with van der Waals surface area (Å²) >= 11 is 0. The largest absolute Gasteiger partial charge is 0.353 e. The van der Waals surface area contributed by atoms with E-state index in [2.05, 4.69) is 26.0 Å². The van der Waals surface area contributed by atoms with Crippen LogP contribution in [0, 0.1) is 5.92 Å². The van der Waals surface area contributed by atoms with E-state index < -0.39 is 0 Å². The second-order valence-electron chi connectivity index (χ2n) is 7.49. The quantitative estimate of drug-likeness (QED) is 0.236. The number of ether oxygens (including phenoxy) is 2. The molecular weight excluding hydrogens is 296 g/mol. The lowest BCUT2D eigenvalue weighted by Gasteiger charge is -2.22. The topological polar surface area (TPSA) is 18.5 Å². The van der Waals surface area contributed by atoms with Crippen molar-refractivity contribution in [3.8, 4) is 0 Å². The summed E-state index contributed by atoms with van der Waals surface area (Å²) in [7, 11) is 0. The predicted octanol–water partition coefficient (Wildman–Crippen LogP) is 7.03. The van der Waals surface area contributed by atoms with Crippen LogP contribution >= 0.6 is 0 Å². The molecule has 1 heterocycles. The minimum Gasteiger partial charge on any atom is -0.353 e. The average molecular weight is 339 g/mol. The van der Waals surface area contributed by atoms with Gasteiger partial charge in [-0.3, -0.25) is 0 Å². The zero-order valence-corrected chi connectivity index (χ0v) is 16.4. The molecule has 1 fully saturated rings. The molecule has 0 aliphatic carbocycles. The van der Waals surface area contributed by atoms with Gasteiger partial charge in [-0.1, -0.05) is 64.5 Å². The van der Waals surface area contributed by atoms with Crippen molar-refractivity contribution in [1.82, 2.24) is 0 Å². The number of allylic oxidation sites excluding steroid dienone is 2. The van der Waals surface area contributed by atoms with Crippen LogP contribution in [0.25, 0.3) is 0 Å². The molecule has 142 valence electrons. The van der Waals surface area contributed by atoms with Crippen molar-refractivity contribution in [2.24, 2.45) is 5.92 Å². The Labute approximate surface area is 151 Å². The first-order valence-corrected chi connectivity index (χ1v) is 10.7. The normalized spacial score (nSPS) is 19.8. The van der Waals surface area contributed by atoms with Crippen LogP contribution in [-0.2, 0) is 9.47 Å². The summed E-state index contributed by atoms with van der Waals surface area (Å²) in [6.45, 7) is 6.42. The van der Waals surface area contributed by atoms with Crippen LogP contribution < -0.4 is 0 Å². The zero-order valence-electron chi connectivity index (χ0n) is 16.4. The van der Waals surface area contributed by atoms with Gasteiger partial charge in [0.05, 0.1) is 0 Å². The molecular formula is C22H42O2. The molecule has 0 bridgehead atoms. The highest BCUT2D eigenvalue weighted by atomic mass is 16.7. The van der Waals surface area contributed by atoms with Gasteiger partial charge in [-0.25, -0.2) is 0 Å². The Balaban J connectivity index is 1.74. The summed E-state index contributed by atoms with van der Waals surface area (Å²) in [5.41, 5.74) is 0. The van der Waals surface area contributed by atoms with E-state index >= 15 is 0 Å². The van der Waals surface area contributed by atoms with Gasteiger partial charge in [-0.15, -0.1) is 0 Å². The summed E-state index contributed by atoms with van der Waals surface area (Å²) in [6, 6.07) is 0. The van der Waals surface area contributed by atoms with Crippen LogP contribution in [0.4, 0.5) is 0 Å². The Morgan fingerprint density at radius 3 is 2.38 bits per heavy atom. The molecule has 2 heteroatoms. The highest BCUT2D eigenvalue weighted by Crippen LogP contribution is 2.15. The standard InChI is InChI=1S/C22H42O2/c1-3-21(2)17-13-11-9-7-5-4-6-8-10-12-15-19-23-22-18-14-16-20-24-22/h5,7,21-22H,3-4,6,8-20H2,1-2H3/b7-5-. The highest BCUT2D eigenvalue weighted by Gasteiger charge is 2.13. The molecule has 0 aromatic heterocycles. The monoisotopic (exact) mass is 338 g/mol. The van der Waals surface area contributed by atoms with Gasteiger partial charge in [0, 0.05) is 13.2 Å². The molecule has 1 saturated heterocycles. The summed E-state index contributed by atoms with van der Waals surface area (Å²) in [5, 5.41) is 0. The molecule has 0 radical (unpaired) electrons. The Hall–Kier alpha value is -0.340. The fourth-order valence-corrected chi connectivity index (χ4v) is 3.15. The minimum absolute atomic E-state index is 0.0917. The molecule has 0 saturated carbocycles. The summed E-state index contributed by atoms with van der Waals surface area (Å²) in [4.78, 5) is 0. The van der Waals surface area contributed by atoms with Crippen molar-refractivity contribution in [2.45, 2.75) is 110 Å². The van der Waals surface area contributed by atoms with Gasteiger partial charge in [0.1, 0.15) is 0 Å². The van der Waals surface area contributed by atoms with Gasteiger partial charge in [0.15, 0.2) is 6.29 Å². The van der Waals surface area contributed by atoms with E-state index in [0.717, 1.165) is 25.6 Å². The van der Waals surface area contributed by atoms with Gasteiger partial charge >= 0.3 is 0 Å². The summed E-state index contributed by atoms with van der Waals surface area (Å²) in [6.07, 6.45) is 23.0. The Bertz CT molecular complexity index is 282. The van der Waals surface area contributed by atoms with Gasteiger partial charge in [0.2, 0.25) is 0 Å². The third kappa shape index (κ3) is 13.0. The van der Waals surface area contributed by atoms with Crippen LogP contribution in [0.3, 0.4) is 0 Å². The van der Waals surface area contributed by atoms with E-state index in [1.165, 1.54) is 83.5 Å². The highest BCUT2D eigenvalue weighted by molar-refractivity contribution is 4.81. The summed E-state index contributed by atoms with van der Waals surface area (Å²) < 4.78 is 11.3. The number of rotatable bonds is 15. The van der Waals surface area contributed by atoms with E-state index in [4.69, 9.17) is 9.47 Å². The Kier molecular flexibility index (Phi) is 14.6. The maximum absolute atomic E-state index is 5.76. The van der Waals surface area contributed by atoms with Crippen LogP contribution in [0.2, 0.25) is 0 Å². The molecule has 0 N–H and O–H groups in total. The first kappa shape index (κ1) is 21.7. The van der Waals surface area contributed by atoms with Crippen LogP contribution in [0.1, 0.15) is 104 Å². The van der Waals surface area contributed by atoms with E-state index in [1.807, 2.05) is 0 Å². The minimum atomic E-state index is 0.0917. The van der Waals surface area contributed by atoms with Gasteiger partial charge in [-0.2, -0.15) is 0 Å². The van der Waals surface area contributed by atoms with E-state index in [9.17, 15) is 0 Å². The molecule has 0 aromatic rings. The van der Waals surface area contributed by atoms with Crippen LogP contribution in [0.5, 0.6) is 0 Å². The molecule has 24 heavy (non-hydrogen) atoms. The molecule has 0 spiro atoms. The fourth-order valence-electron chi connectivity index (χ4n) is 3.15. The maximum Gasteiger partial charge on any atom is 0.157 e. The third-order valence-electron chi connectivity index (χ3n) is 5.14. The molecule has 1 rings (SSSR count). The van der Waals surface area contributed by atoms with Crippen molar-refractivity contribution in [2.75, 3.05) is 13.2 Å². The third-order valence-corrected chi connectivity index (χ3v) is 5.14. The lowest BCUT2D eigenvalue weighted by atomic mass is 10.0. The lowest BCUT2D eigenvalue weighted by molar-refractivity contribution is -0.162. The van der Waals surface area contributed by atoms with Gasteiger partial charge in [0.25, 0.3) is 0 Å². The predicted molar refractivity (Wildman–Crippen MR) is 104 cm³/mol.